The topological polar surface area (TPSA) is 62.2 Å². The van der Waals surface area contributed by atoms with Crippen molar-refractivity contribution < 1.29 is 19.7 Å². The molecule has 0 bridgehead atoms. The van der Waals surface area contributed by atoms with E-state index in [1.165, 1.54) is 0 Å². The van der Waals surface area contributed by atoms with E-state index in [1.54, 1.807) is 19.2 Å². The van der Waals surface area contributed by atoms with Gasteiger partial charge in [0.05, 0.1) is 19.3 Å². The Morgan fingerprint density at radius 2 is 1.93 bits per heavy atom. The molecule has 2 aromatic carbocycles. The minimum atomic E-state index is -0.551. The number of fused-ring (bicyclic) bond motifs is 1. The summed E-state index contributed by atoms with van der Waals surface area (Å²) in [5.41, 5.74) is 1.32. The number of rotatable bonds is 4. The quantitative estimate of drug-likeness (QED) is 0.814. The number of hydrogen-bond acceptors (Lipinski definition) is 5. The minimum Gasteiger partial charge on any atom is -0.497 e. The first kappa shape index (κ1) is 19.5. The standard InChI is InChI=1S/C22H26ClNO4/c1-27-17-6-7-21-18(12-17)19(25)13-22(28-21)8-10-24(11-9-22)14-20(26)15-2-4-16(23)5-3-15/h2-7,12,19-20,25-26H,8-11,13-14H2,1H3/t19-,20+/m1/s1. The molecule has 2 aliphatic heterocycles. The van der Waals surface area contributed by atoms with Gasteiger partial charge in [0, 0.05) is 36.6 Å². The Kier molecular flexibility index (Phi) is 5.52. The molecule has 2 heterocycles. The molecule has 2 N–H and O–H groups in total. The van der Waals surface area contributed by atoms with E-state index in [9.17, 15) is 10.2 Å². The van der Waals surface area contributed by atoms with Gasteiger partial charge in [-0.15, -0.1) is 0 Å². The van der Waals surface area contributed by atoms with Crippen LogP contribution in [0.2, 0.25) is 5.02 Å². The molecule has 4 rings (SSSR count). The number of methoxy groups -OCH3 is 1. The van der Waals surface area contributed by atoms with Gasteiger partial charge in [0.2, 0.25) is 0 Å². The van der Waals surface area contributed by atoms with Crippen molar-refractivity contribution in [3.05, 3.63) is 58.6 Å². The van der Waals surface area contributed by atoms with Crippen LogP contribution < -0.4 is 9.47 Å². The molecule has 2 aromatic rings. The predicted octanol–water partition coefficient (Wildman–Crippen LogP) is 3.73. The van der Waals surface area contributed by atoms with Crippen LogP contribution in [-0.4, -0.2) is 47.5 Å². The zero-order chi connectivity index (χ0) is 19.7. The Balaban J connectivity index is 1.39. The zero-order valence-corrected chi connectivity index (χ0v) is 16.7. The lowest BCUT2D eigenvalue weighted by Gasteiger charge is -2.46. The van der Waals surface area contributed by atoms with Crippen LogP contribution in [0.25, 0.3) is 0 Å². The smallest absolute Gasteiger partial charge is 0.126 e. The van der Waals surface area contributed by atoms with Crippen LogP contribution in [0.5, 0.6) is 11.5 Å². The third kappa shape index (κ3) is 3.98. The highest BCUT2D eigenvalue weighted by Gasteiger charge is 2.43. The molecule has 0 unspecified atom stereocenters. The van der Waals surface area contributed by atoms with E-state index in [1.807, 2.05) is 30.3 Å². The molecule has 0 radical (unpaired) electrons. The summed E-state index contributed by atoms with van der Waals surface area (Å²) in [6, 6.07) is 12.9. The van der Waals surface area contributed by atoms with E-state index in [0.717, 1.165) is 48.6 Å². The van der Waals surface area contributed by atoms with Crippen LogP contribution in [0.3, 0.4) is 0 Å². The van der Waals surface area contributed by atoms with Gasteiger partial charge >= 0.3 is 0 Å². The van der Waals surface area contributed by atoms with E-state index in [-0.39, 0.29) is 5.60 Å². The van der Waals surface area contributed by atoms with E-state index >= 15 is 0 Å². The van der Waals surface area contributed by atoms with Crippen LogP contribution in [-0.2, 0) is 0 Å². The van der Waals surface area contributed by atoms with Crippen LogP contribution in [0.15, 0.2) is 42.5 Å². The summed E-state index contributed by atoms with van der Waals surface area (Å²) in [6.07, 6.45) is 1.13. The van der Waals surface area contributed by atoms with Gasteiger partial charge in [-0.3, -0.25) is 0 Å². The van der Waals surface area contributed by atoms with Gasteiger partial charge < -0.3 is 24.6 Å². The second kappa shape index (κ2) is 7.91. The predicted molar refractivity (Wildman–Crippen MR) is 108 cm³/mol. The summed E-state index contributed by atoms with van der Waals surface area (Å²) < 4.78 is 11.6. The zero-order valence-electron chi connectivity index (χ0n) is 16.0. The first-order valence-electron chi connectivity index (χ1n) is 9.69. The molecule has 6 heteroatoms. The average Bonchev–Trinajstić information content (AvgIpc) is 2.70. The maximum absolute atomic E-state index is 10.7. The van der Waals surface area contributed by atoms with Crippen molar-refractivity contribution >= 4 is 11.6 Å². The van der Waals surface area contributed by atoms with Crippen molar-refractivity contribution in [2.45, 2.75) is 37.1 Å². The third-order valence-corrected chi connectivity index (χ3v) is 6.17. The Morgan fingerprint density at radius 1 is 1.21 bits per heavy atom. The molecule has 5 nitrogen and oxygen atoms in total. The van der Waals surface area contributed by atoms with Crippen molar-refractivity contribution in [2.75, 3.05) is 26.7 Å². The Hall–Kier alpha value is -1.79. The number of benzene rings is 2. The van der Waals surface area contributed by atoms with E-state index in [4.69, 9.17) is 21.1 Å². The number of ether oxygens (including phenoxy) is 2. The molecule has 0 aromatic heterocycles. The van der Waals surface area contributed by atoms with Crippen molar-refractivity contribution in [1.82, 2.24) is 4.90 Å². The molecule has 2 atom stereocenters. The van der Waals surface area contributed by atoms with Gasteiger partial charge in [0.15, 0.2) is 0 Å². The van der Waals surface area contributed by atoms with Crippen molar-refractivity contribution in [2.24, 2.45) is 0 Å². The molecule has 2 aliphatic rings. The number of likely N-dealkylation sites (tertiary alicyclic amines) is 1. The Labute approximate surface area is 170 Å². The fraction of sp³-hybridized carbons (Fsp3) is 0.455. The maximum Gasteiger partial charge on any atom is 0.126 e. The van der Waals surface area contributed by atoms with Crippen LogP contribution in [0.1, 0.15) is 42.6 Å². The molecule has 1 fully saturated rings. The van der Waals surface area contributed by atoms with E-state index in [0.29, 0.717) is 18.0 Å². The summed E-state index contributed by atoms with van der Waals surface area (Å²) in [5, 5.41) is 21.9. The summed E-state index contributed by atoms with van der Waals surface area (Å²) in [4.78, 5) is 2.25. The molecule has 1 spiro atoms. The molecular weight excluding hydrogens is 378 g/mol. The first-order valence-corrected chi connectivity index (χ1v) is 10.1. The van der Waals surface area contributed by atoms with Gasteiger partial charge in [-0.05, 0) is 48.7 Å². The van der Waals surface area contributed by atoms with Gasteiger partial charge in [-0.25, -0.2) is 0 Å². The number of aliphatic hydroxyl groups is 2. The first-order chi connectivity index (χ1) is 13.5. The molecule has 1 saturated heterocycles. The van der Waals surface area contributed by atoms with Gasteiger partial charge in [-0.2, -0.15) is 0 Å². The molecule has 28 heavy (non-hydrogen) atoms. The monoisotopic (exact) mass is 403 g/mol. The Bertz CT molecular complexity index is 818. The van der Waals surface area contributed by atoms with E-state index in [2.05, 4.69) is 4.90 Å². The summed E-state index contributed by atoms with van der Waals surface area (Å²) >= 11 is 5.92. The largest absolute Gasteiger partial charge is 0.497 e. The number of aliphatic hydroxyl groups excluding tert-OH is 2. The fourth-order valence-electron chi connectivity index (χ4n) is 4.23. The fourth-order valence-corrected chi connectivity index (χ4v) is 4.35. The number of hydrogen-bond donors (Lipinski definition) is 2. The van der Waals surface area contributed by atoms with Gasteiger partial charge in [0.1, 0.15) is 17.1 Å². The van der Waals surface area contributed by atoms with Crippen LogP contribution >= 0.6 is 11.6 Å². The normalized spacial score (nSPS) is 22.4. The van der Waals surface area contributed by atoms with E-state index < -0.39 is 12.2 Å². The third-order valence-electron chi connectivity index (χ3n) is 5.92. The molecule has 150 valence electrons. The minimum absolute atomic E-state index is 0.345. The number of β-amino-alcohol motifs (C(OH)–C–C–N with tert-alkyl or cyclic N) is 1. The molecule has 0 aliphatic carbocycles. The van der Waals surface area contributed by atoms with Gasteiger partial charge in [-0.1, -0.05) is 23.7 Å². The maximum atomic E-state index is 10.7. The van der Waals surface area contributed by atoms with Gasteiger partial charge in [0.25, 0.3) is 0 Å². The lowest BCUT2D eigenvalue weighted by Crippen LogP contribution is -2.51. The Morgan fingerprint density at radius 3 is 2.61 bits per heavy atom. The lowest BCUT2D eigenvalue weighted by molar-refractivity contribution is -0.0588. The van der Waals surface area contributed by atoms with Crippen LogP contribution in [0, 0.1) is 0 Å². The summed E-state index contributed by atoms with van der Waals surface area (Å²) in [6.45, 7) is 2.22. The molecule has 0 amide bonds. The number of piperidine rings is 1. The second-order valence-electron chi connectivity index (χ2n) is 7.78. The average molecular weight is 404 g/mol. The van der Waals surface area contributed by atoms with Crippen molar-refractivity contribution in [1.29, 1.82) is 0 Å². The summed E-state index contributed by atoms with van der Waals surface area (Å²) in [5.74, 6) is 1.47. The SMILES string of the molecule is COc1ccc2c(c1)[C@H](O)CC1(CCN(C[C@H](O)c3ccc(Cl)cc3)CC1)O2. The summed E-state index contributed by atoms with van der Waals surface area (Å²) in [7, 11) is 1.62. The molecule has 0 saturated carbocycles. The number of halogens is 1. The highest BCUT2D eigenvalue weighted by atomic mass is 35.5. The molecular formula is C22H26ClNO4. The van der Waals surface area contributed by atoms with Crippen molar-refractivity contribution in [3.63, 3.8) is 0 Å². The van der Waals surface area contributed by atoms with Crippen LogP contribution in [0.4, 0.5) is 0 Å². The second-order valence-corrected chi connectivity index (χ2v) is 8.21. The highest BCUT2D eigenvalue weighted by Crippen LogP contribution is 2.45. The van der Waals surface area contributed by atoms with Crippen molar-refractivity contribution in [3.8, 4) is 11.5 Å². The lowest BCUT2D eigenvalue weighted by atomic mass is 9.81. The number of nitrogens with zero attached hydrogens (tertiary/aromatic N) is 1. The highest BCUT2D eigenvalue weighted by molar-refractivity contribution is 6.30.